The van der Waals surface area contributed by atoms with E-state index in [0.29, 0.717) is 11.1 Å². The van der Waals surface area contributed by atoms with Crippen molar-refractivity contribution in [2.45, 2.75) is 26.1 Å². The monoisotopic (exact) mass is 577 g/mol. The second-order valence-electron chi connectivity index (χ2n) is 10.1. The molecule has 4 aromatic rings. The molecule has 41 heavy (non-hydrogen) atoms. The Morgan fingerprint density at radius 3 is 2.51 bits per heavy atom. The lowest BCUT2D eigenvalue weighted by atomic mass is 9.96. The van der Waals surface area contributed by atoms with Gasteiger partial charge in [0.2, 0.25) is 0 Å². The van der Waals surface area contributed by atoms with Crippen LogP contribution >= 0.6 is 0 Å². The molecule has 0 unspecified atom stereocenters. The van der Waals surface area contributed by atoms with Gasteiger partial charge in [-0.2, -0.15) is 13.2 Å². The van der Waals surface area contributed by atoms with Crippen LogP contribution in [0.2, 0.25) is 0 Å². The summed E-state index contributed by atoms with van der Waals surface area (Å²) < 4.78 is 65.2. The summed E-state index contributed by atoms with van der Waals surface area (Å²) in [6, 6.07) is 14.6. The average Bonchev–Trinajstić information content (AvgIpc) is 2.94. The molecule has 5 rings (SSSR count). The third-order valence-corrected chi connectivity index (χ3v) is 8.73. The molecule has 0 N–H and O–H groups in total. The zero-order valence-corrected chi connectivity index (χ0v) is 23.0. The van der Waals surface area contributed by atoms with E-state index in [1.54, 1.807) is 29.3 Å². The lowest BCUT2D eigenvalue weighted by molar-refractivity contribution is -0.138. The van der Waals surface area contributed by atoms with E-state index >= 15 is 0 Å². The number of rotatable bonds is 5. The third-order valence-electron chi connectivity index (χ3n) is 7.12. The Morgan fingerprint density at radius 2 is 1.76 bits per heavy atom. The summed E-state index contributed by atoms with van der Waals surface area (Å²) in [5, 5.41) is 0.807. The number of nitrogens with zero attached hydrogens (tertiary/aromatic N) is 3. The number of hydrogen-bond acceptors (Lipinski definition) is 6. The predicted octanol–water partition coefficient (Wildman–Crippen LogP) is 5.01. The SMILES string of the molecule is Cc1ccc(C(=O)Cc2ccc(CN3CCS(=O)(=O)CC3)c(C(F)(F)F)c2)cc1C#Cc1cccc2ncncc12. The fourth-order valence-corrected chi connectivity index (χ4v) is 6.03. The van der Waals surface area contributed by atoms with E-state index in [1.165, 1.54) is 18.5 Å². The number of sulfone groups is 1. The van der Waals surface area contributed by atoms with Crippen molar-refractivity contribution in [3.63, 3.8) is 0 Å². The Hall–Kier alpha value is -4.07. The molecule has 3 aromatic carbocycles. The van der Waals surface area contributed by atoms with E-state index in [4.69, 9.17) is 0 Å². The van der Waals surface area contributed by atoms with Crippen molar-refractivity contribution in [3.05, 3.63) is 106 Å². The molecule has 0 saturated carbocycles. The molecule has 1 aromatic heterocycles. The molecule has 0 bridgehead atoms. The number of carbonyl (C=O) groups is 1. The molecule has 0 radical (unpaired) electrons. The minimum Gasteiger partial charge on any atom is -0.297 e. The number of hydrogen-bond donors (Lipinski definition) is 0. The van der Waals surface area contributed by atoms with Crippen molar-refractivity contribution in [1.29, 1.82) is 0 Å². The van der Waals surface area contributed by atoms with Crippen LogP contribution in [-0.2, 0) is 29.0 Å². The third kappa shape index (κ3) is 6.81. The molecule has 1 saturated heterocycles. The van der Waals surface area contributed by atoms with Crippen LogP contribution in [0.25, 0.3) is 10.9 Å². The first kappa shape index (κ1) is 28.5. The fourth-order valence-electron chi connectivity index (χ4n) is 4.75. The van der Waals surface area contributed by atoms with Gasteiger partial charge in [0.15, 0.2) is 15.6 Å². The maximum Gasteiger partial charge on any atom is 0.416 e. The van der Waals surface area contributed by atoms with E-state index in [-0.39, 0.29) is 54.5 Å². The molecule has 0 atom stereocenters. The number of benzene rings is 3. The van der Waals surface area contributed by atoms with E-state index in [1.807, 2.05) is 25.1 Å². The predicted molar refractivity (Wildman–Crippen MR) is 150 cm³/mol. The van der Waals surface area contributed by atoms with Gasteiger partial charge < -0.3 is 0 Å². The van der Waals surface area contributed by atoms with Crippen molar-refractivity contribution < 1.29 is 26.4 Å². The largest absolute Gasteiger partial charge is 0.416 e. The Labute approximate surface area is 236 Å². The van der Waals surface area contributed by atoms with Crippen molar-refractivity contribution in [2.75, 3.05) is 24.6 Å². The van der Waals surface area contributed by atoms with Crippen LogP contribution in [0, 0.1) is 18.8 Å². The molecule has 210 valence electrons. The van der Waals surface area contributed by atoms with Crippen LogP contribution in [-0.4, -0.2) is 53.7 Å². The fraction of sp³-hybridized carbons (Fsp3) is 0.258. The Balaban J connectivity index is 1.36. The van der Waals surface area contributed by atoms with Gasteiger partial charge in [-0.25, -0.2) is 18.4 Å². The molecule has 6 nitrogen and oxygen atoms in total. The van der Waals surface area contributed by atoms with Crippen LogP contribution in [0.4, 0.5) is 13.2 Å². The maximum absolute atomic E-state index is 14.0. The van der Waals surface area contributed by atoms with Crippen molar-refractivity contribution >= 4 is 26.5 Å². The first-order valence-corrected chi connectivity index (χ1v) is 14.8. The lowest BCUT2D eigenvalue weighted by Crippen LogP contribution is -2.40. The van der Waals surface area contributed by atoms with Crippen molar-refractivity contribution in [2.24, 2.45) is 0 Å². The number of ketones is 1. The zero-order valence-electron chi connectivity index (χ0n) is 22.2. The summed E-state index contributed by atoms with van der Waals surface area (Å²) in [5.41, 5.74) is 2.85. The minimum absolute atomic E-state index is 0.0125. The molecule has 1 aliphatic rings. The number of Topliss-reactive ketones (excluding diaryl/α,β-unsaturated/α-hetero) is 1. The van der Waals surface area contributed by atoms with Gasteiger partial charge in [0.25, 0.3) is 0 Å². The molecule has 0 aliphatic carbocycles. The summed E-state index contributed by atoms with van der Waals surface area (Å²) in [7, 11) is -3.14. The van der Waals surface area contributed by atoms with E-state index in [2.05, 4.69) is 21.8 Å². The van der Waals surface area contributed by atoms with Gasteiger partial charge in [-0.05, 0) is 47.9 Å². The summed E-state index contributed by atoms with van der Waals surface area (Å²) in [6.07, 6.45) is -1.67. The Bertz CT molecular complexity index is 1790. The maximum atomic E-state index is 14.0. The molecule has 10 heteroatoms. The van der Waals surface area contributed by atoms with Crippen molar-refractivity contribution in [3.8, 4) is 11.8 Å². The van der Waals surface area contributed by atoms with Crippen LogP contribution in [0.1, 0.15) is 43.7 Å². The van der Waals surface area contributed by atoms with Gasteiger partial charge in [-0.1, -0.05) is 42.2 Å². The molecule has 1 fully saturated rings. The molecule has 2 heterocycles. The van der Waals surface area contributed by atoms with Crippen LogP contribution in [0.3, 0.4) is 0 Å². The Kier molecular flexibility index (Phi) is 7.93. The number of aryl methyl sites for hydroxylation is 1. The summed E-state index contributed by atoms with van der Waals surface area (Å²) in [4.78, 5) is 23.1. The number of alkyl halides is 3. The van der Waals surface area contributed by atoms with E-state index in [0.717, 1.165) is 28.1 Å². The number of halogens is 3. The van der Waals surface area contributed by atoms with Gasteiger partial charge in [0.1, 0.15) is 6.33 Å². The van der Waals surface area contributed by atoms with Crippen LogP contribution in [0.5, 0.6) is 0 Å². The lowest BCUT2D eigenvalue weighted by Gasteiger charge is -2.27. The summed E-state index contributed by atoms with van der Waals surface area (Å²) in [6.45, 7) is 2.23. The van der Waals surface area contributed by atoms with Crippen LogP contribution in [0.15, 0.2) is 67.1 Å². The summed E-state index contributed by atoms with van der Waals surface area (Å²) in [5.74, 6) is 5.77. The molecular weight excluding hydrogens is 551 g/mol. The van der Waals surface area contributed by atoms with Crippen molar-refractivity contribution in [1.82, 2.24) is 14.9 Å². The normalized spacial score (nSPS) is 15.3. The highest BCUT2D eigenvalue weighted by Gasteiger charge is 2.34. The molecule has 0 amide bonds. The van der Waals surface area contributed by atoms with Gasteiger partial charge in [0.05, 0.1) is 22.6 Å². The number of fused-ring (bicyclic) bond motifs is 1. The van der Waals surface area contributed by atoms with E-state index < -0.39 is 21.6 Å². The van der Waals surface area contributed by atoms with Gasteiger partial charge in [-0.15, -0.1) is 0 Å². The molecule has 1 aliphatic heterocycles. The second-order valence-corrected chi connectivity index (χ2v) is 12.4. The number of carbonyl (C=O) groups excluding carboxylic acids is 1. The highest BCUT2D eigenvalue weighted by molar-refractivity contribution is 7.91. The first-order valence-electron chi connectivity index (χ1n) is 12.9. The van der Waals surface area contributed by atoms with E-state index in [9.17, 15) is 26.4 Å². The molecular formula is C31H26F3N3O3S. The Morgan fingerprint density at radius 1 is 1.00 bits per heavy atom. The minimum atomic E-state index is -4.62. The highest BCUT2D eigenvalue weighted by Crippen LogP contribution is 2.34. The highest BCUT2D eigenvalue weighted by atomic mass is 32.2. The average molecular weight is 578 g/mol. The summed E-state index contributed by atoms with van der Waals surface area (Å²) >= 11 is 0. The standard InChI is InChI=1S/C31H26F3N3O3S/c1-21-5-7-25(17-24(21)10-9-23-3-2-4-29-27(23)18-35-20-36-29)30(38)16-22-6-8-26(28(15-22)31(32,33)34)19-37-11-13-41(39,40)14-12-37/h2-8,15,17-18,20H,11-14,16,19H2,1H3. The van der Waals surface area contributed by atoms with Gasteiger partial charge in [0, 0.05) is 54.3 Å². The van der Waals surface area contributed by atoms with Gasteiger partial charge in [-0.3, -0.25) is 9.69 Å². The first-order chi connectivity index (χ1) is 19.5. The second kappa shape index (κ2) is 11.4. The quantitative estimate of drug-likeness (QED) is 0.245. The number of aromatic nitrogens is 2. The smallest absolute Gasteiger partial charge is 0.297 e. The topological polar surface area (TPSA) is 80.2 Å². The van der Waals surface area contributed by atoms with Gasteiger partial charge >= 0.3 is 6.18 Å². The van der Waals surface area contributed by atoms with Crippen LogP contribution < -0.4 is 0 Å². The molecule has 0 spiro atoms. The zero-order chi connectivity index (χ0) is 29.2.